The van der Waals surface area contributed by atoms with Crippen LogP contribution in [0.3, 0.4) is 0 Å². The number of anilines is 1. The maximum Gasteiger partial charge on any atom is 0.263 e. The smallest absolute Gasteiger partial charge is 0.263 e. The average molecular weight is 422 g/mol. The number of hydrogen-bond donors (Lipinski definition) is 2. The number of hydrogen-bond acceptors (Lipinski definition) is 4. The molecule has 32 heavy (non-hydrogen) atoms. The molecule has 1 unspecified atom stereocenters. The van der Waals surface area contributed by atoms with E-state index in [-0.39, 0.29) is 22.9 Å². The number of para-hydroxylation sites is 3. The quantitative estimate of drug-likeness (QED) is 0.474. The molecular weight excluding hydrogens is 398 g/mol. The molecule has 0 spiro atoms. The maximum atomic E-state index is 13.3. The zero-order chi connectivity index (χ0) is 22.1. The average Bonchev–Trinajstić information content (AvgIpc) is 3.01. The number of aliphatic imine (C=N–C) groups is 1. The van der Waals surface area contributed by atoms with Crippen LogP contribution in [0.1, 0.15) is 17.5 Å². The predicted molar refractivity (Wildman–Crippen MR) is 131 cm³/mol. The first kappa shape index (κ1) is 19.8. The molecule has 0 saturated heterocycles. The zero-order valence-corrected chi connectivity index (χ0v) is 17.7. The van der Waals surface area contributed by atoms with Crippen LogP contribution in [-0.2, 0) is 7.05 Å². The summed E-state index contributed by atoms with van der Waals surface area (Å²) < 4.78 is 1.58. The highest BCUT2D eigenvalue weighted by Crippen LogP contribution is 2.33. The van der Waals surface area contributed by atoms with E-state index in [4.69, 9.17) is 4.99 Å². The zero-order valence-electron chi connectivity index (χ0n) is 17.7. The van der Waals surface area contributed by atoms with Crippen molar-refractivity contribution in [2.24, 2.45) is 12.0 Å². The van der Waals surface area contributed by atoms with Gasteiger partial charge in [0.05, 0.1) is 28.6 Å². The summed E-state index contributed by atoms with van der Waals surface area (Å²) in [5.41, 5.74) is 3.97. The van der Waals surface area contributed by atoms with Crippen LogP contribution < -0.4 is 10.9 Å². The molecule has 5 nitrogen and oxygen atoms in total. The minimum atomic E-state index is -0.259. The van der Waals surface area contributed by atoms with E-state index in [9.17, 15) is 9.90 Å². The molecule has 1 aromatic heterocycles. The number of nitrogens with zero attached hydrogens (tertiary/aromatic N) is 2. The van der Waals surface area contributed by atoms with E-state index in [0.717, 1.165) is 16.9 Å². The Balaban J connectivity index is 1.65. The van der Waals surface area contributed by atoms with Crippen molar-refractivity contribution in [3.05, 3.63) is 106 Å². The predicted octanol–water partition coefficient (Wildman–Crippen LogP) is 5.26. The van der Waals surface area contributed by atoms with E-state index in [2.05, 4.69) is 17.5 Å². The van der Waals surface area contributed by atoms with Crippen LogP contribution in [0, 0.1) is 0 Å². The number of rotatable bonds is 3. The third kappa shape index (κ3) is 3.58. The topological polar surface area (TPSA) is 66.6 Å². The largest absolute Gasteiger partial charge is 0.506 e. The fourth-order valence-electron chi connectivity index (χ4n) is 4.15. The van der Waals surface area contributed by atoms with Crippen LogP contribution in [0.15, 0.2) is 94.7 Å². The number of fused-ring (bicyclic) bond motifs is 2. The Labute approximate surface area is 186 Å². The number of pyridine rings is 1. The molecule has 0 amide bonds. The SMILES string of the molecule is Cn1c(=O)c(C2=Nc3ccccc3NC(/C=C/c3ccccc3)C2)c(O)c2ccccc21. The number of aryl methyl sites for hydroxylation is 1. The number of aromatic nitrogens is 1. The van der Waals surface area contributed by atoms with Crippen molar-refractivity contribution in [3.63, 3.8) is 0 Å². The number of nitrogens with one attached hydrogen (secondary N) is 1. The summed E-state index contributed by atoms with van der Waals surface area (Å²) >= 11 is 0. The number of benzene rings is 3. The van der Waals surface area contributed by atoms with Crippen LogP contribution in [0.4, 0.5) is 11.4 Å². The summed E-state index contributed by atoms with van der Waals surface area (Å²) in [7, 11) is 1.73. The Morgan fingerprint density at radius 2 is 1.72 bits per heavy atom. The molecule has 3 aromatic carbocycles. The second kappa shape index (κ2) is 8.19. The molecule has 2 N–H and O–H groups in total. The molecule has 0 fully saturated rings. The lowest BCUT2D eigenvalue weighted by atomic mass is 10.00. The second-order valence-electron chi connectivity index (χ2n) is 7.91. The first-order chi connectivity index (χ1) is 15.6. The van der Waals surface area contributed by atoms with Gasteiger partial charge in [0.2, 0.25) is 0 Å². The van der Waals surface area contributed by atoms with Gasteiger partial charge in [0.1, 0.15) is 11.3 Å². The van der Waals surface area contributed by atoms with Gasteiger partial charge in [0.25, 0.3) is 5.56 Å². The van der Waals surface area contributed by atoms with E-state index < -0.39 is 0 Å². The van der Waals surface area contributed by atoms with Crippen LogP contribution >= 0.6 is 0 Å². The highest BCUT2D eigenvalue weighted by atomic mass is 16.3. The third-order valence-corrected chi connectivity index (χ3v) is 5.80. The molecular formula is C27H23N3O2. The standard InChI is InChI=1S/C27H23N3O2/c1-30-24-14-8-5-11-20(24)26(31)25(27(30)32)23-17-19(16-15-18-9-3-2-4-10-18)28-21-12-6-7-13-22(21)29-23/h2-16,19,28,31H,17H2,1H3/b16-15+. The van der Waals surface area contributed by atoms with Gasteiger partial charge in [-0.2, -0.15) is 0 Å². The highest BCUT2D eigenvalue weighted by molar-refractivity contribution is 6.09. The molecule has 4 aromatic rings. The van der Waals surface area contributed by atoms with Crippen LogP contribution in [0.2, 0.25) is 0 Å². The van der Waals surface area contributed by atoms with E-state index in [0.29, 0.717) is 23.0 Å². The summed E-state index contributed by atoms with van der Waals surface area (Å²) in [6.07, 6.45) is 4.59. The van der Waals surface area contributed by atoms with Crippen LogP contribution in [0.25, 0.3) is 17.0 Å². The van der Waals surface area contributed by atoms with Crippen molar-refractivity contribution in [3.8, 4) is 5.75 Å². The van der Waals surface area contributed by atoms with Crippen molar-refractivity contribution >= 4 is 34.1 Å². The van der Waals surface area contributed by atoms with Gasteiger partial charge in [-0.25, -0.2) is 0 Å². The molecule has 1 aliphatic heterocycles. The first-order valence-corrected chi connectivity index (χ1v) is 10.6. The number of aromatic hydroxyl groups is 1. The summed E-state index contributed by atoms with van der Waals surface area (Å²) in [5.74, 6) is -0.0207. The lowest BCUT2D eigenvalue weighted by Crippen LogP contribution is -2.28. The summed E-state index contributed by atoms with van der Waals surface area (Å²) in [4.78, 5) is 18.1. The van der Waals surface area contributed by atoms with Gasteiger partial charge in [-0.15, -0.1) is 0 Å². The van der Waals surface area contributed by atoms with Gasteiger partial charge in [-0.3, -0.25) is 9.79 Å². The van der Waals surface area contributed by atoms with E-state index in [1.54, 1.807) is 11.6 Å². The van der Waals surface area contributed by atoms with Gasteiger partial charge >= 0.3 is 0 Å². The highest BCUT2D eigenvalue weighted by Gasteiger charge is 2.24. The Hall–Kier alpha value is -4.12. The molecule has 0 radical (unpaired) electrons. The van der Waals surface area contributed by atoms with Gasteiger partial charge in [0.15, 0.2) is 0 Å². The van der Waals surface area contributed by atoms with Gasteiger partial charge < -0.3 is 15.0 Å². The first-order valence-electron chi connectivity index (χ1n) is 10.6. The van der Waals surface area contributed by atoms with Crippen molar-refractivity contribution in [1.29, 1.82) is 0 Å². The van der Waals surface area contributed by atoms with E-state index in [1.165, 1.54) is 0 Å². The Kier molecular flexibility index (Phi) is 5.07. The lowest BCUT2D eigenvalue weighted by molar-refractivity contribution is 0.478. The maximum absolute atomic E-state index is 13.3. The summed E-state index contributed by atoms with van der Waals surface area (Å²) in [6, 6.07) is 25.1. The molecule has 5 rings (SSSR count). The monoisotopic (exact) mass is 421 g/mol. The van der Waals surface area contributed by atoms with Crippen molar-refractivity contribution in [2.45, 2.75) is 12.5 Å². The fourth-order valence-corrected chi connectivity index (χ4v) is 4.15. The Morgan fingerprint density at radius 1 is 1.00 bits per heavy atom. The van der Waals surface area contributed by atoms with E-state index in [1.807, 2.05) is 78.9 Å². The van der Waals surface area contributed by atoms with Crippen molar-refractivity contribution < 1.29 is 5.11 Å². The van der Waals surface area contributed by atoms with Gasteiger partial charge in [-0.1, -0.05) is 66.7 Å². The van der Waals surface area contributed by atoms with E-state index >= 15 is 0 Å². The summed E-state index contributed by atoms with van der Waals surface area (Å²) in [5, 5.41) is 15.3. The van der Waals surface area contributed by atoms with Crippen LogP contribution in [0.5, 0.6) is 5.75 Å². The molecule has 0 saturated carbocycles. The third-order valence-electron chi connectivity index (χ3n) is 5.80. The second-order valence-corrected chi connectivity index (χ2v) is 7.91. The minimum absolute atomic E-state index is 0.0207. The van der Waals surface area contributed by atoms with Crippen molar-refractivity contribution in [2.75, 3.05) is 5.32 Å². The van der Waals surface area contributed by atoms with Crippen molar-refractivity contribution in [1.82, 2.24) is 4.57 Å². The minimum Gasteiger partial charge on any atom is -0.506 e. The molecule has 1 aliphatic rings. The fraction of sp³-hybridized carbons (Fsp3) is 0.111. The Morgan fingerprint density at radius 3 is 2.56 bits per heavy atom. The van der Waals surface area contributed by atoms with Crippen LogP contribution in [-0.4, -0.2) is 21.4 Å². The Bertz CT molecular complexity index is 1420. The summed E-state index contributed by atoms with van der Waals surface area (Å²) in [6.45, 7) is 0. The lowest BCUT2D eigenvalue weighted by Gasteiger charge is -2.16. The van der Waals surface area contributed by atoms with Gasteiger partial charge in [0, 0.05) is 18.9 Å². The normalized spacial score (nSPS) is 15.8. The molecule has 5 heteroatoms. The molecule has 1 atom stereocenters. The molecule has 0 aliphatic carbocycles. The van der Waals surface area contributed by atoms with Gasteiger partial charge in [-0.05, 0) is 29.8 Å². The molecule has 0 bridgehead atoms. The molecule has 2 heterocycles. The molecule has 158 valence electrons.